The second-order valence-electron chi connectivity index (χ2n) is 5.05. The SMILES string of the molecule is CC(C)Oc1cccc(NC(C)c2nncn2C)c1N. The van der Waals surface area contributed by atoms with Crippen molar-refractivity contribution in [3.05, 3.63) is 30.4 Å². The quantitative estimate of drug-likeness (QED) is 0.819. The Morgan fingerprint density at radius 2 is 2.05 bits per heavy atom. The molecule has 0 aliphatic heterocycles. The average Bonchev–Trinajstić information content (AvgIpc) is 2.80. The highest BCUT2D eigenvalue weighted by molar-refractivity contribution is 5.73. The fourth-order valence-corrected chi connectivity index (χ4v) is 2.01. The minimum atomic E-state index is -0.000833. The van der Waals surface area contributed by atoms with Crippen LogP contribution < -0.4 is 15.8 Å². The van der Waals surface area contributed by atoms with E-state index in [1.807, 2.05) is 50.6 Å². The van der Waals surface area contributed by atoms with Gasteiger partial charge >= 0.3 is 0 Å². The Labute approximate surface area is 119 Å². The lowest BCUT2D eigenvalue weighted by Gasteiger charge is -2.19. The number of aromatic nitrogens is 3. The molecule has 0 radical (unpaired) electrons. The smallest absolute Gasteiger partial charge is 0.154 e. The summed E-state index contributed by atoms with van der Waals surface area (Å²) in [6, 6.07) is 5.71. The first-order valence-electron chi connectivity index (χ1n) is 6.64. The molecule has 2 rings (SSSR count). The number of hydrogen-bond donors (Lipinski definition) is 2. The van der Waals surface area contributed by atoms with Crippen LogP contribution in [0, 0.1) is 0 Å². The number of rotatable bonds is 5. The van der Waals surface area contributed by atoms with E-state index in [0.717, 1.165) is 11.5 Å². The third-order valence-electron chi connectivity index (χ3n) is 2.93. The molecule has 0 amide bonds. The molecule has 108 valence electrons. The van der Waals surface area contributed by atoms with Gasteiger partial charge in [-0.25, -0.2) is 0 Å². The predicted octanol–water partition coefficient (Wildman–Crippen LogP) is 2.36. The molecule has 0 aliphatic carbocycles. The van der Waals surface area contributed by atoms with Crippen molar-refractivity contribution >= 4 is 11.4 Å². The number of hydrogen-bond acceptors (Lipinski definition) is 5. The van der Waals surface area contributed by atoms with Crippen LogP contribution in [0.1, 0.15) is 32.6 Å². The van der Waals surface area contributed by atoms with Crippen molar-refractivity contribution in [2.75, 3.05) is 11.1 Å². The molecule has 1 heterocycles. The maximum Gasteiger partial charge on any atom is 0.154 e. The topological polar surface area (TPSA) is 78.0 Å². The molecule has 6 nitrogen and oxygen atoms in total. The third-order valence-corrected chi connectivity index (χ3v) is 2.93. The highest BCUT2D eigenvalue weighted by atomic mass is 16.5. The number of nitrogens with zero attached hydrogens (tertiary/aromatic N) is 3. The van der Waals surface area contributed by atoms with Gasteiger partial charge in [-0.05, 0) is 32.9 Å². The van der Waals surface area contributed by atoms with Gasteiger partial charge in [-0.15, -0.1) is 10.2 Å². The summed E-state index contributed by atoms with van der Waals surface area (Å²) >= 11 is 0. The Bertz CT molecular complexity index is 579. The summed E-state index contributed by atoms with van der Waals surface area (Å²) in [6.07, 6.45) is 1.76. The van der Waals surface area contributed by atoms with E-state index in [2.05, 4.69) is 15.5 Å². The number of para-hydroxylation sites is 1. The molecule has 0 fully saturated rings. The molecule has 3 N–H and O–H groups in total. The summed E-state index contributed by atoms with van der Waals surface area (Å²) in [5, 5.41) is 11.3. The molecule has 2 aromatic rings. The number of nitrogens with two attached hydrogens (primary N) is 1. The van der Waals surface area contributed by atoms with Crippen LogP contribution in [0.2, 0.25) is 0 Å². The number of nitrogens with one attached hydrogen (secondary N) is 1. The number of anilines is 2. The molecule has 6 heteroatoms. The molecule has 0 aliphatic rings. The number of aryl methyl sites for hydroxylation is 1. The van der Waals surface area contributed by atoms with Gasteiger partial charge in [0.1, 0.15) is 12.1 Å². The first-order chi connectivity index (χ1) is 9.49. The highest BCUT2D eigenvalue weighted by Crippen LogP contribution is 2.32. The van der Waals surface area contributed by atoms with Crippen LogP contribution in [0.5, 0.6) is 5.75 Å². The summed E-state index contributed by atoms with van der Waals surface area (Å²) in [5.74, 6) is 1.54. The zero-order valence-electron chi connectivity index (χ0n) is 12.3. The van der Waals surface area contributed by atoms with Gasteiger partial charge in [-0.1, -0.05) is 6.07 Å². The van der Waals surface area contributed by atoms with Crippen molar-refractivity contribution in [3.63, 3.8) is 0 Å². The molecule has 20 heavy (non-hydrogen) atoms. The van der Waals surface area contributed by atoms with Crippen molar-refractivity contribution in [3.8, 4) is 5.75 Å². The third kappa shape index (κ3) is 3.01. The van der Waals surface area contributed by atoms with Crippen LogP contribution in [0.15, 0.2) is 24.5 Å². The minimum absolute atomic E-state index is 0.000833. The number of ether oxygens (including phenoxy) is 1. The van der Waals surface area contributed by atoms with E-state index < -0.39 is 0 Å². The van der Waals surface area contributed by atoms with E-state index in [-0.39, 0.29) is 12.1 Å². The molecular formula is C14H21N5O. The van der Waals surface area contributed by atoms with E-state index in [1.165, 1.54) is 0 Å². The lowest BCUT2D eigenvalue weighted by atomic mass is 10.2. The normalized spacial score (nSPS) is 12.4. The van der Waals surface area contributed by atoms with E-state index in [9.17, 15) is 0 Å². The second kappa shape index (κ2) is 5.81. The van der Waals surface area contributed by atoms with Crippen LogP contribution in [0.4, 0.5) is 11.4 Å². The van der Waals surface area contributed by atoms with Gasteiger partial charge in [-0.3, -0.25) is 0 Å². The minimum Gasteiger partial charge on any atom is -0.489 e. The maximum atomic E-state index is 6.14. The maximum absolute atomic E-state index is 6.14. The summed E-state index contributed by atoms with van der Waals surface area (Å²) in [7, 11) is 1.91. The Balaban J connectivity index is 2.19. The van der Waals surface area contributed by atoms with Gasteiger partial charge in [0.05, 0.1) is 23.5 Å². The summed E-state index contributed by atoms with van der Waals surface area (Å²) in [5.41, 5.74) is 7.58. The van der Waals surface area contributed by atoms with Gasteiger partial charge in [0.15, 0.2) is 5.82 Å². The molecule has 0 spiro atoms. The van der Waals surface area contributed by atoms with Crippen LogP contribution in [0.25, 0.3) is 0 Å². The Hall–Kier alpha value is -2.24. The first kappa shape index (κ1) is 14.2. The summed E-state index contributed by atoms with van der Waals surface area (Å²) < 4.78 is 7.56. The molecular weight excluding hydrogens is 254 g/mol. The van der Waals surface area contributed by atoms with Crippen molar-refractivity contribution in [2.24, 2.45) is 7.05 Å². The van der Waals surface area contributed by atoms with Crippen LogP contribution >= 0.6 is 0 Å². The Morgan fingerprint density at radius 3 is 2.65 bits per heavy atom. The van der Waals surface area contributed by atoms with Crippen molar-refractivity contribution in [1.82, 2.24) is 14.8 Å². The van der Waals surface area contributed by atoms with Crippen LogP contribution in [-0.4, -0.2) is 20.9 Å². The van der Waals surface area contributed by atoms with E-state index in [1.54, 1.807) is 6.33 Å². The molecule has 1 unspecified atom stereocenters. The molecule has 1 aromatic heterocycles. The number of nitrogen functional groups attached to an aromatic ring is 1. The van der Waals surface area contributed by atoms with E-state index in [0.29, 0.717) is 11.4 Å². The molecule has 0 saturated heterocycles. The monoisotopic (exact) mass is 275 g/mol. The lowest BCUT2D eigenvalue weighted by molar-refractivity contribution is 0.244. The van der Waals surface area contributed by atoms with E-state index in [4.69, 9.17) is 10.5 Å². The molecule has 1 aromatic carbocycles. The fraction of sp³-hybridized carbons (Fsp3) is 0.429. The highest BCUT2D eigenvalue weighted by Gasteiger charge is 2.14. The largest absolute Gasteiger partial charge is 0.489 e. The van der Waals surface area contributed by atoms with Gasteiger partial charge in [0.25, 0.3) is 0 Å². The first-order valence-corrected chi connectivity index (χ1v) is 6.64. The number of benzene rings is 1. The Morgan fingerprint density at radius 1 is 1.30 bits per heavy atom. The lowest BCUT2D eigenvalue weighted by Crippen LogP contribution is -2.14. The van der Waals surface area contributed by atoms with E-state index >= 15 is 0 Å². The fourth-order valence-electron chi connectivity index (χ4n) is 2.01. The summed E-state index contributed by atoms with van der Waals surface area (Å²) in [4.78, 5) is 0. The van der Waals surface area contributed by atoms with Crippen LogP contribution in [0.3, 0.4) is 0 Å². The standard InChI is InChI=1S/C14H21N5O/c1-9(2)20-12-7-5-6-11(13(12)15)17-10(3)14-18-16-8-19(14)4/h5-10,17H,15H2,1-4H3. The van der Waals surface area contributed by atoms with Gasteiger partial charge in [0.2, 0.25) is 0 Å². The Kier molecular flexibility index (Phi) is 4.12. The van der Waals surface area contributed by atoms with Crippen LogP contribution in [-0.2, 0) is 7.05 Å². The molecule has 0 bridgehead atoms. The zero-order chi connectivity index (χ0) is 14.7. The summed E-state index contributed by atoms with van der Waals surface area (Å²) in [6.45, 7) is 5.96. The predicted molar refractivity (Wildman–Crippen MR) is 79.7 cm³/mol. The zero-order valence-corrected chi connectivity index (χ0v) is 12.3. The second-order valence-corrected chi connectivity index (χ2v) is 5.05. The van der Waals surface area contributed by atoms with Crippen molar-refractivity contribution in [1.29, 1.82) is 0 Å². The van der Waals surface area contributed by atoms with Gasteiger partial charge in [-0.2, -0.15) is 0 Å². The van der Waals surface area contributed by atoms with Gasteiger partial charge in [0, 0.05) is 7.05 Å². The molecule has 0 saturated carbocycles. The average molecular weight is 275 g/mol. The molecule has 1 atom stereocenters. The van der Waals surface area contributed by atoms with Crippen molar-refractivity contribution in [2.45, 2.75) is 32.9 Å². The van der Waals surface area contributed by atoms with Gasteiger partial charge < -0.3 is 20.4 Å². The van der Waals surface area contributed by atoms with Crippen molar-refractivity contribution < 1.29 is 4.74 Å².